The van der Waals surface area contributed by atoms with Crippen molar-refractivity contribution in [2.45, 2.75) is 19.3 Å². The van der Waals surface area contributed by atoms with Crippen molar-refractivity contribution in [2.24, 2.45) is 0 Å². The molecule has 19 heavy (non-hydrogen) atoms. The zero-order valence-corrected chi connectivity index (χ0v) is 11.9. The SMILES string of the molecule is CON(C)C(=O)Cc1ccc(C(=O)CCCCl)cc1. The molecule has 104 valence electrons. The molecule has 1 aromatic carbocycles. The van der Waals surface area contributed by atoms with Gasteiger partial charge in [0.15, 0.2) is 5.78 Å². The van der Waals surface area contributed by atoms with Gasteiger partial charge in [-0.15, -0.1) is 11.6 Å². The van der Waals surface area contributed by atoms with Crippen molar-refractivity contribution >= 4 is 23.3 Å². The fourth-order valence-electron chi connectivity index (χ4n) is 1.57. The van der Waals surface area contributed by atoms with Gasteiger partial charge in [0, 0.05) is 24.9 Å². The van der Waals surface area contributed by atoms with Crippen molar-refractivity contribution in [1.82, 2.24) is 5.06 Å². The molecule has 5 heteroatoms. The van der Waals surface area contributed by atoms with Crippen molar-refractivity contribution in [2.75, 3.05) is 20.0 Å². The summed E-state index contributed by atoms with van der Waals surface area (Å²) in [5, 5.41) is 1.18. The zero-order valence-electron chi connectivity index (χ0n) is 11.2. The number of nitrogens with zero attached hydrogens (tertiary/aromatic N) is 1. The number of carbonyl (C=O) groups excluding carboxylic acids is 2. The van der Waals surface area contributed by atoms with E-state index in [0.29, 0.717) is 24.3 Å². The van der Waals surface area contributed by atoms with Gasteiger partial charge in [-0.3, -0.25) is 14.4 Å². The van der Waals surface area contributed by atoms with Crippen LogP contribution in [0.4, 0.5) is 0 Å². The molecule has 0 aliphatic carbocycles. The monoisotopic (exact) mass is 283 g/mol. The highest BCUT2D eigenvalue weighted by Crippen LogP contribution is 2.10. The maximum atomic E-state index is 11.7. The second-order valence-electron chi connectivity index (χ2n) is 4.16. The Bertz CT molecular complexity index is 431. The Labute approximate surface area is 118 Å². The lowest BCUT2D eigenvalue weighted by molar-refractivity contribution is -0.167. The summed E-state index contributed by atoms with van der Waals surface area (Å²) >= 11 is 5.55. The van der Waals surface area contributed by atoms with Gasteiger partial charge in [-0.1, -0.05) is 24.3 Å². The highest BCUT2D eigenvalue weighted by Gasteiger charge is 2.10. The van der Waals surface area contributed by atoms with Crippen molar-refractivity contribution in [3.05, 3.63) is 35.4 Å². The van der Waals surface area contributed by atoms with E-state index in [1.165, 1.54) is 12.2 Å². The summed E-state index contributed by atoms with van der Waals surface area (Å²) in [6, 6.07) is 7.06. The number of alkyl halides is 1. The molecule has 1 amide bonds. The third-order valence-corrected chi connectivity index (χ3v) is 3.06. The summed E-state index contributed by atoms with van der Waals surface area (Å²) in [5.74, 6) is 0.429. The van der Waals surface area contributed by atoms with Crippen LogP contribution in [-0.2, 0) is 16.1 Å². The van der Waals surface area contributed by atoms with E-state index in [9.17, 15) is 9.59 Å². The third kappa shape index (κ3) is 5.01. The van der Waals surface area contributed by atoms with E-state index in [0.717, 1.165) is 5.56 Å². The van der Waals surface area contributed by atoms with Gasteiger partial charge in [-0.05, 0) is 12.0 Å². The van der Waals surface area contributed by atoms with Crippen molar-refractivity contribution in [3.8, 4) is 0 Å². The number of ketones is 1. The van der Waals surface area contributed by atoms with Crippen LogP contribution in [0.25, 0.3) is 0 Å². The predicted molar refractivity (Wildman–Crippen MR) is 74.2 cm³/mol. The summed E-state index contributed by atoms with van der Waals surface area (Å²) in [6.07, 6.45) is 1.38. The van der Waals surface area contributed by atoms with E-state index >= 15 is 0 Å². The second kappa shape index (κ2) is 7.92. The van der Waals surface area contributed by atoms with E-state index in [1.54, 1.807) is 31.3 Å². The first-order valence-corrected chi connectivity index (χ1v) is 6.60. The van der Waals surface area contributed by atoms with Crippen LogP contribution in [-0.4, -0.2) is 36.8 Å². The van der Waals surface area contributed by atoms with Gasteiger partial charge in [0.05, 0.1) is 13.5 Å². The molecule has 0 spiro atoms. The summed E-state index contributed by atoms with van der Waals surface area (Å²) in [4.78, 5) is 28.2. The van der Waals surface area contributed by atoms with Crippen molar-refractivity contribution in [3.63, 3.8) is 0 Å². The molecule has 0 heterocycles. The Morgan fingerprint density at radius 2 is 1.89 bits per heavy atom. The molecule has 0 radical (unpaired) electrons. The van der Waals surface area contributed by atoms with Crippen LogP contribution >= 0.6 is 11.6 Å². The number of carbonyl (C=O) groups is 2. The van der Waals surface area contributed by atoms with E-state index in [4.69, 9.17) is 16.4 Å². The summed E-state index contributed by atoms with van der Waals surface area (Å²) in [6.45, 7) is 0. The van der Waals surface area contributed by atoms with Crippen molar-refractivity contribution in [1.29, 1.82) is 0 Å². The number of hydrogen-bond donors (Lipinski definition) is 0. The number of halogens is 1. The van der Waals surface area contributed by atoms with Crippen LogP contribution in [0, 0.1) is 0 Å². The lowest BCUT2D eigenvalue weighted by Crippen LogP contribution is -2.26. The fourth-order valence-corrected chi connectivity index (χ4v) is 1.70. The van der Waals surface area contributed by atoms with Crippen molar-refractivity contribution < 1.29 is 14.4 Å². The molecule has 0 saturated heterocycles. The molecule has 4 nitrogen and oxygen atoms in total. The van der Waals surface area contributed by atoms with Gasteiger partial charge in [0.1, 0.15) is 0 Å². The normalized spacial score (nSPS) is 10.3. The molecule has 1 rings (SSSR count). The number of amides is 1. The first kappa shape index (κ1) is 15.7. The number of hydrogen-bond acceptors (Lipinski definition) is 3. The highest BCUT2D eigenvalue weighted by atomic mass is 35.5. The van der Waals surface area contributed by atoms with E-state index in [-0.39, 0.29) is 18.1 Å². The predicted octanol–water partition coefficient (Wildman–Crippen LogP) is 2.45. The Morgan fingerprint density at radius 3 is 2.42 bits per heavy atom. The fraction of sp³-hybridized carbons (Fsp3) is 0.429. The molecule has 0 aliphatic heterocycles. The molecule has 0 bridgehead atoms. The van der Waals surface area contributed by atoms with Gasteiger partial charge in [0.25, 0.3) is 0 Å². The summed E-state index contributed by atoms with van der Waals surface area (Å²) < 4.78 is 0. The van der Waals surface area contributed by atoms with Crippen LogP contribution in [0.2, 0.25) is 0 Å². The average molecular weight is 284 g/mol. The van der Waals surface area contributed by atoms with Crippen LogP contribution < -0.4 is 0 Å². The molecular weight excluding hydrogens is 266 g/mol. The van der Waals surface area contributed by atoms with Gasteiger partial charge in [-0.2, -0.15) is 0 Å². The molecule has 0 aromatic heterocycles. The molecule has 0 aliphatic rings. The van der Waals surface area contributed by atoms with E-state index in [2.05, 4.69) is 0 Å². The first-order valence-electron chi connectivity index (χ1n) is 6.07. The van der Waals surface area contributed by atoms with Crippen LogP contribution in [0.1, 0.15) is 28.8 Å². The van der Waals surface area contributed by atoms with Gasteiger partial charge < -0.3 is 0 Å². The highest BCUT2D eigenvalue weighted by molar-refractivity contribution is 6.18. The van der Waals surface area contributed by atoms with Gasteiger partial charge in [0.2, 0.25) is 5.91 Å². The van der Waals surface area contributed by atoms with Gasteiger partial charge in [-0.25, -0.2) is 5.06 Å². The quantitative estimate of drug-likeness (QED) is 0.439. The Kier molecular flexibility index (Phi) is 6.53. The van der Waals surface area contributed by atoms with Crippen LogP contribution in [0.3, 0.4) is 0 Å². The third-order valence-electron chi connectivity index (χ3n) is 2.79. The van der Waals surface area contributed by atoms with Crippen LogP contribution in [0.15, 0.2) is 24.3 Å². The zero-order chi connectivity index (χ0) is 14.3. The minimum absolute atomic E-state index is 0.0764. The average Bonchev–Trinajstić information content (AvgIpc) is 2.44. The lowest BCUT2D eigenvalue weighted by atomic mass is 10.0. The Balaban J connectivity index is 2.61. The van der Waals surface area contributed by atoms with E-state index in [1.807, 2.05) is 0 Å². The topological polar surface area (TPSA) is 46.6 Å². The second-order valence-corrected chi connectivity index (χ2v) is 4.54. The number of likely N-dealkylation sites (N-methyl/N-ethyl adjacent to an activating group) is 1. The largest absolute Gasteiger partial charge is 0.294 e. The number of rotatable bonds is 7. The van der Waals surface area contributed by atoms with Crippen LogP contribution in [0.5, 0.6) is 0 Å². The molecule has 0 unspecified atom stereocenters. The maximum Gasteiger partial charge on any atom is 0.250 e. The van der Waals surface area contributed by atoms with E-state index < -0.39 is 0 Å². The minimum Gasteiger partial charge on any atom is -0.294 e. The molecule has 1 aromatic rings. The lowest BCUT2D eigenvalue weighted by Gasteiger charge is -2.13. The molecule has 0 N–H and O–H groups in total. The summed E-state index contributed by atoms with van der Waals surface area (Å²) in [7, 11) is 3.00. The van der Waals surface area contributed by atoms with Gasteiger partial charge >= 0.3 is 0 Å². The molecular formula is C14H18ClNO3. The Morgan fingerprint density at radius 1 is 1.26 bits per heavy atom. The number of Topliss-reactive ketones (excluding diaryl/α,β-unsaturated/α-hetero) is 1. The standard InChI is InChI=1S/C14H18ClNO3/c1-16(19-2)14(18)10-11-5-7-12(8-6-11)13(17)4-3-9-15/h5-8H,3-4,9-10H2,1-2H3. The Hall–Kier alpha value is -1.39. The number of benzene rings is 1. The minimum atomic E-state index is -0.135. The molecule has 0 fully saturated rings. The first-order chi connectivity index (χ1) is 9.08. The molecule has 0 atom stereocenters. The smallest absolute Gasteiger partial charge is 0.250 e. The number of hydroxylamine groups is 2. The molecule has 0 saturated carbocycles. The maximum absolute atomic E-state index is 11.7. The summed E-state index contributed by atoms with van der Waals surface area (Å²) in [5.41, 5.74) is 1.50.